The molecule has 0 saturated carbocycles. The van der Waals surface area contributed by atoms with Crippen molar-refractivity contribution in [3.8, 4) is 17.2 Å². The van der Waals surface area contributed by atoms with E-state index in [4.69, 9.17) is 14.2 Å². The number of Topliss-reactive ketones (excluding diaryl/α,β-unsaturated/α-hetero) is 1. The van der Waals surface area contributed by atoms with Gasteiger partial charge in [-0.15, -0.1) is 0 Å². The average Bonchev–Trinajstić information content (AvgIpc) is 3.15. The standard InChI is InChI=1S/C30H31NO6/c1-5-36-24-9-7-8-21(17-24)27-26(28(32)22-12-15-25(37-6-2)19(3)16-22)29(33)30(34)31(27)18-20-10-13-23(35-4)14-11-20/h7-17,27,32H,5-6,18H2,1-4H3/b28-26+. The lowest BCUT2D eigenvalue weighted by Gasteiger charge is -2.26. The summed E-state index contributed by atoms with van der Waals surface area (Å²) >= 11 is 0. The van der Waals surface area contributed by atoms with Gasteiger partial charge in [-0.3, -0.25) is 9.59 Å². The van der Waals surface area contributed by atoms with E-state index < -0.39 is 17.7 Å². The molecule has 1 saturated heterocycles. The number of nitrogens with zero attached hydrogens (tertiary/aromatic N) is 1. The van der Waals surface area contributed by atoms with Gasteiger partial charge in [0.1, 0.15) is 23.0 Å². The van der Waals surface area contributed by atoms with Gasteiger partial charge in [0.25, 0.3) is 11.7 Å². The molecule has 4 rings (SSSR count). The molecule has 0 spiro atoms. The Hall–Kier alpha value is -4.26. The highest BCUT2D eigenvalue weighted by Gasteiger charge is 2.46. The van der Waals surface area contributed by atoms with E-state index in [-0.39, 0.29) is 17.9 Å². The highest BCUT2D eigenvalue weighted by atomic mass is 16.5. The summed E-state index contributed by atoms with van der Waals surface area (Å²) in [6.07, 6.45) is 0. The topological polar surface area (TPSA) is 85.3 Å². The van der Waals surface area contributed by atoms with Crippen LogP contribution < -0.4 is 14.2 Å². The molecule has 0 aromatic heterocycles. The first kappa shape index (κ1) is 25.8. The number of rotatable bonds is 9. The summed E-state index contributed by atoms with van der Waals surface area (Å²) in [5.74, 6) is 0.370. The second-order valence-electron chi connectivity index (χ2n) is 8.69. The van der Waals surface area contributed by atoms with Crippen molar-refractivity contribution in [2.75, 3.05) is 20.3 Å². The molecule has 1 atom stereocenters. The van der Waals surface area contributed by atoms with Crippen molar-refractivity contribution in [3.63, 3.8) is 0 Å². The van der Waals surface area contributed by atoms with Crippen LogP contribution in [0.25, 0.3) is 5.76 Å². The van der Waals surface area contributed by atoms with Crippen molar-refractivity contribution in [1.29, 1.82) is 0 Å². The zero-order valence-corrected chi connectivity index (χ0v) is 21.5. The highest BCUT2D eigenvalue weighted by molar-refractivity contribution is 6.46. The van der Waals surface area contributed by atoms with Gasteiger partial charge in [0.05, 0.1) is 31.9 Å². The van der Waals surface area contributed by atoms with Crippen molar-refractivity contribution in [2.24, 2.45) is 0 Å². The second kappa shape index (κ2) is 11.2. The quantitative estimate of drug-likeness (QED) is 0.239. The predicted octanol–water partition coefficient (Wildman–Crippen LogP) is 5.42. The monoisotopic (exact) mass is 501 g/mol. The van der Waals surface area contributed by atoms with Gasteiger partial charge < -0.3 is 24.2 Å². The summed E-state index contributed by atoms with van der Waals surface area (Å²) in [5.41, 5.74) is 2.78. The van der Waals surface area contributed by atoms with Gasteiger partial charge in [-0.1, -0.05) is 24.3 Å². The average molecular weight is 502 g/mol. The first-order valence-corrected chi connectivity index (χ1v) is 12.3. The molecular weight excluding hydrogens is 470 g/mol. The van der Waals surface area contributed by atoms with Crippen molar-refractivity contribution in [1.82, 2.24) is 4.90 Å². The molecule has 37 heavy (non-hydrogen) atoms. The second-order valence-corrected chi connectivity index (χ2v) is 8.69. The third-order valence-electron chi connectivity index (χ3n) is 6.28. The van der Waals surface area contributed by atoms with Gasteiger partial charge in [0.2, 0.25) is 0 Å². The Morgan fingerprint density at radius 2 is 1.65 bits per heavy atom. The lowest BCUT2D eigenvalue weighted by atomic mass is 9.94. The number of aliphatic hydroxyl groups is 1. The van der Waals surface area contributed by atoms with E-state index in [1.807, 2.05) is 51.1 Å². The minimum atomic E-state index is -0.797. The minimum absolute atomic E-state index is 0.0377. The van der Waals surface area contributed by atoms with Crippen LogP contribution in [0.4, 0.5) is 0 Å². The van der Waals surface area contributed by atoms with Crippen LogP contribution in [0, 0.1) is 6.92 Å². The molecule has 1 heterocycles. The number of amides is 1. The fourth-order valence-corrected chi connectivity index (χ4v) is 4.53. The van der Waals surface area contributed by atoms with E-state index >= 15 is 0 Å². The number of carbonyl (C=O) groups excluding carboxylic acids is 2. The normalized spacial score (nSPS) is 16.6. The molecule has 0 bridgehead atoms. The number of hydrogen-bond donors (Lipinski definition) is 1. The fourth-order valence-electron chi connectivity index (χ4n) is 4.53. The van der Waals surface area contributed by atoms with E-state index in [2.05, 4.69) is 0 Å². The van der Waals surface area contributed by atoms with Gasteiger partial charge in [-0.25, -0.2) is 0 Å². The number of ether oxygens (including phenoxy) is 3. The van der Waals surface area contributed by atoms with E-state index in [1.165, 1.54) is 4.90 Å². The van der Waals surface area contributed by atoms with Crippen LogP contribution in [-0.4, -0.2) is 42.0 Å². The summed E-state index contributed by atoms with van der Waals surface area (Å²) < 4.78 is 16.5. The first-order valence-electron chi connectivity index (χ1n) is 12.3. The van der Waals surface area contributed by atoms with E-state index in [1.54, 1.807) is 43.5 Å². The number of aryl methyl sites for hydroxylation is 1. The molecule has 1 aliphatic rings. The molecule has 3 aromatic carbocycles. The van der Waals surface area contributed by atoms with Gasteiger partial charge in [-0.2, -0.15) is 0 Å². The molecule has 192 valence electrons. The smallest absolute Gasteiger partial charge is 0.295 e. The van der Waals surface area contributed by atoms with Crippen LogP contribution >= 0.6 is 0 Å². The number of hydrogen-bond acceptors (Lipinski definition) is 6. The lowest BCUT2D eigenvalue weighted by Crippen LogP contribution is -2.29. The van der Waals surface area contributed by atoms with E-state index in [9.17, 15) is 14.7 Å². The summed E-state index contributed by atoms with van der Waals surface area (Å²) in [7, 11) is 1.58. The molecule has 0 aliphatic carbocycles. The molecular formula is C30H31NO6. The first-order chi connectivity index (χ1) is 17.9. The molecule has 1 aliphatic heterocycles. The van der Waals surface area contributed by atoms with Gasteiger partial charge in [-0.05, 0) is 79.9 Å². The fraction of sp³-hybridized carbons (Fsp3) is 0.267. The van der Waals surface area contributed by atoms with Gasteiger partial charge in [0.15, 0.2) is 0 Å². The molecule has 1 N–H and O–H groups in total. The van der Waals surface area contributed by atoms with Gasteiger partial charge >= 0.3 is 0 Å². The molecule has 1 unspecified atom stereocenters. The maximum absolute atomic E-state index is 13.4. The third kappa shape index (κ3) is 5.31. The van der Waals surface area contributed by atoms with E-state index in [0.29, 0.717) is 41.6 Å². The van der Waals surface area contributed by atoms with E-state index in [0.717, 1.165) is 11.1 Å². The van der Waals surface area contributed by atoms with Crippen molar-refractivity contribution in [3.05, 3.63) is 94.6 Å². The van der Waals surface area contributed by atoms with Crippen LogP contribution in [0.1, 0.15) is 42.1 Å². The Morgan fingerprint density at radius 3 is 2.30 bits per heavy atom. The number of methoxy groups -OCH3 is 1. The van der Waals surface area contributed by atoms with Crippen molar-refractivity contribution >= 4 is 17.4 Å². The Kier molecular flexibility index (Phi) is 7.82. The summed E-state index contributed by atoms with van der Waals surface area (Å²) in [6.45, 7) is 6.81. The van der Waals surface area contributed by atoms with Crippen LogP contribution in [0.3, 0.4) is 0 Å². The highest BCUT2D eigenvalue weighted by Crippen LogP contribution is 2.41. The van der Waals surface area contributed by atoms with Crippen molar-refractivity contribution in [2.45, 2.75) is 33.4 Å². The van der Waals surface area contributed by atoms with Crippen LogP contribution in [0.5, 0.6) is 17.2 Å². The molecule has 3 aromatic rings. The zero-order valence-electron chi connectivity index (χ0n) is 21.5. The number of ketones is 1. The Labute approximate surface area is 216 Å². The van der Waals surface area contributed by atoms with Crippen LogP contribution in [0.15, 0.2) is 72.3 Å². The summed E-state index contributed by atoms with van der Waals surface area (Å²) in [5, 5.41) is 11.4. The maximum Gasteiger partial charge on any atom is 0.295 e. The SMILES string of the molecule is CCOc1cccc(C2/C(=C(\O)c3ccc(OCC)c(C)c3)C(=O)C(=O)N2Cc2ccc(OC)cc2)c1. The molecule has 7 nitrogen and oxygen atoms in total. The van der Waals surface area contributed by atoms with Crippen LogP contribution in [0.2, 0.25) is 0 Å². The molecule has 1 amide bonds. The number of likely N-dealkylation sites (tertiary alicyclic amines) is 1. The maximum atomic E-state index is 13.4. The minimum Gasteiger partial charge on any atom is -0.507 e. The summed E-state index contributed by atoms with van der Waals surface area (Å²) in [4.78, 5) is 28.2. The predicted molar refractivity (Wildman–Crippen MR) is 141 cm³/mol. The van der Waals surface area contributed by atoms with Crippen LogP contribution in [-0.2, 0) is 16.1 Å². The number of carbonyl (C=O) groups is 2. The molecule has 7 heteroatoms. The third-order valence-corrected chi connectivity index (χ3v) is 6.28. The largest absolute Gasteiger partial charge is 0.507 e. The van der Waals surface area contributed by atoms with Crippen molar-refractivity contribution < 1.29 is 28.9 Å². The van der Waals surface area contributed by atoms with Gasteiger partial charge in [0, 0.05) is 12.1 Å². The number of aliphatic hydroxyl groups excluding tert-OH is 1. The lowest BCUT2D eigenvalue weighted by molar-refractivity contribution is -0.140. The molecule has 1 fully saturated rings. The Bertz CT molecular complexity index is 1330. The molecule has 0 radical (unpaired) electrons. The number of benzene rings is 3. The zero-order chi connectivity index (χ0) is 26.5. The Balaban J connectivity index is 1.83. The Morgan fingerprint density at radius 1 is 0.919 bits per heavy atom. The summed E-state index contributed by atoms with van der Waals surface area (Å²) in [6, 6.07) is 19.0.